The SMILES string of the molecule is COCCc1noc(C2(F)CCN(C(=O)c3ccccc3COc3ccccc3)CC2)n1. The number of methoxy groups -OCH3 is 1. The lowest BCUT2D eigenvalue weighted by Gasteiger charge is -2.34. The van der Waals surface area contributed by atoms with Crippen LogP contribution in [-0.2, 0) is 23.4 Å². The Hall–Kier alpha value is -3.26. The molecule has 0 spiro atoms. The molecule has 7 nitrogen and oxygen atoms in total. The van der Waals surface area contributed by atoms with Gasteiger partial charge in [0.15, 0.2) is 11.5 Å². The number of para-hydroxylation sites is 1. The highest BCUT2D eigenvalue weighted by molar-refractivity contribution is 5.95. The predicted molar refractivity (Wildman–Crippen MR) is 115 cm³/mol. The quantitative estimate of drug-likeness (QED) is 0.529. The zero-order chi connectivity index (χ0) is 22.4. The Kier molecular flexibility index (Phi) is 6.80. The van der Waals surface area contributed by atoms with Gasteiger partial charge in [-0.05, 0) is 18.2 Å². The third kappa shape index (κ3) is 4.96. The van der Waals surface area contributed by atoms with Gasteiger partial charge in [0.1, 0.15) is 12.4 Å². The molecule has 1 fully saturated rings. The smallest absolute Gasteiger partial charge is 0.264 e. The van der Waals surface area contributed by atoms with E-state index in [2.05, 4.69) is 10.1 Å². The second kappa shape index (κ2) is 9.91. The van der Waals surface area contributed by atoms with Crippen molar-refractivity contribution in [2.75, 3.05) is 26.8 Å². The molecular formula is C24H26FN3O4. The van der Waals surface area contributed by atoms with Crippen LogP contribution in [0.25, 0.3) is 0 Å². The van der Waals surface area contributed by atoms with Crippen LogP contribution in [0.2, 0.25) is 0 Å². The summed E-state index contributed by atoms with van der Waals surface area (Å²) in [6.07, 6.45) is 0.670. The molecule has 1 aliphatic rings. The zero-order valence-electron chi connectivity index (χ0n) is 18.0. The van der Waals surface area contributed by atoms with Crippen LogP contribution in [-0.4, -0.2) is 47.8 Å². The van der Waals surface area contributed by atoms with Crippen molar-refractivity contribution < 1.29 is 23.2 Å². The van der Waals surface area contributed by atoms with Crippen molar-refractivity contribution in [1.82, 2.24) is 15.0 Å². The molecule has 8 heteroatoms. The van der Waals surface area contributed by atoms with Crippen molar-refractivity contribution >= 4 is 5.91 Å². The first-order valence-electron chi connectivity index (χ1n) is 10.6. The van der Waals surface area contributed by atoms with E-state index in [1.54, 1.807) is 18.1 Å². The first-order chi connectivity index (χ1) is 15.6. The maximum Gasteiger partial charge on any atom is 0.264 e. The molecule has 4 rings (SSSR count). The van der Waals surface area contributed by atoms with Gasteiger partial charge >= 0.3 is 0 Å². The third-order valence-electron chi connectivity index (χ3n) is 5.61. The Labute approximate surface area is 186 Å². The molecule has 1 saturated heterocycles. The lowest BCUT2D eigenvalue weighted by atomic mass is 9.92. The Morgan fingerprint density at radius 2 is 1.84 bits per heavy atom. The minimum atomic E-state index is -1.73. The van der Waals surface area contributed by atoms with Gasteiger partial charge in [0.05, 0.1) is 6.61 Å². The van der Waals surface area contributed by atoms with E-state index >= 15 is 4.39 Å². The maximum atomic E-state index is 15.5. The third-order valence-corrected chi connectivity index (χ3v) is 5.61. The number of aromatic nitrogens is 2. The van der Waals surface area contributed by atoms with Crippen molar-refractivity contribution in [1.29, 1.82) is 0 Å². The second-order valence-electron chi connectivity index (χ2n) is 7.77. The fourth-order valence-corrected chi connectivity index (χ4v) is 3.71. The van der Waals surface area contributed by atoms with Crippen LogP contribution in [0.1, 0.15) is 40.5 Å². The fourth-order valence-electron chi connectivity index (χ4n) is 3.71. The monoisotopic (exact) mass is 439 g/mol. The summed E-state index contributed by atoms with van der Waals surface area (Å²) in [4.78, 5) is 19.0. The number of hydrogen-bond donors (Lipinski definition) is 0. The Bertz CT molecular complexity index is 1030. The number of hydrogen-bond acceptors (Lipinski definition) is 6. The van der Waals surface area contributed by atoms with Crippen LogP contribution < -0.4 is 4.74 Å². The van der Waals surface area contributed by atoms with Crippen LogP contribution in [0.3, 0.4) is 0 Å². The molecule has 168 valence electrons. The highest BCUT2D eigenvalue weighted by Crippen LogP contribution is 2.36. The molecule has 3 aromatic rings. The van der Waals surface area contributed by atoms with E-state index in [0.717, 1.165) is 11.3 Å². The number of carbonyl (C=O) groups is 1. The number of piperidine rings is 1. The number of carbonyl (C=O) groups excluding carboxylic acids is 1. The first-order valence-corrected chi connectivity index (χ1v) is 10.6. The molecule has 32 heavy (non-hydrogen) atoms. The van der Waals surface area contributed by atoms with Gasteiger partial charge in [-0.25, -0.2) is 4.39 Å². The first kappa shape index (κ1) is 22.0. The largest absolute Gasteiger partial charge is 0.489 e. The van der Waals surface area contributed by atoms with Gasteiger partial charge < -0.3 is 18.9 Å². The molecule has 0 unspecified atom stereocenters. The summed E-state index contributed by atoms with van der Waals surface area (Å²) in [5.41, 5.74) is -0.377. The summed E-state index contributed by atoms with van der Waals surface area (Å²) in [6.45, 7) is 1.24. The Morgan fingerprint density at radius 1 is 1.12 bits per heavy atom. The topological polar surface area (TPSA) is 77.7 Å². The summed E-state index contributed by atoms with van der Waals surface area (Å²) in [5.74, 6) is 1.00. The molecular weight excluding hydrogens is 413 g/mol. The highest BCUT2D eigenvalue weighted by Gasteiger charge is 2.42. The average Bonchev–Trinajstić information content (AvgIpc) is 3.32. The summed E-state index contributed by atoms with van der Waals surface area (Å²) in [6, 6.07) is 16.8. The molecule has 1 aliphatic heterocycles. The van der Waals surface area contributed by atoms with E-state index in [1.165, 1.54) is 0 Å². The average molecular weight is 439 g/mol. The lowest BCUT2D eigenvalue weighted by molar-refractivity contribution is 0.0247. The molecule has 2 aromatic carbocycles. The van der Waals surface area contributed by atoms with Gasteiger partial charge in [0.25, 0.3) is 11.8 Å². The molecule has 0 atom stereocenters. The van der Waals surface area contributed by atoms with Crippen molar-refractivity contribution in [3.05, 3.63) is 77.4 Å². The van der Waals surface area contributed by atoms with Gasteiger partial charge in [-0.15, -0.1) is 0 Å². The Balaban J connectivity index is 1.40. The van der Waals surface area contributed by atoms with Crippen LogP contribution in [0.5, 0.6) is 5.75 Å². The molecule has 1 aromatic heterocycles. The van der Waals surface area contributed by atoms with Crippen LogP contribution in [0.15, 0.2) is 59.1 Å². The molecule has 0 saturated carbocycles. The molecule has 0 radical (unpaired) electrons. The van der Waals surface area contributed by atoms with Crippen LogP contribution in [0, 0.1) is 0 Å². The number of amides is 1. The van der Waals surface area contributed by atoms with Crippen LogP contribution >= 0.6 is 0 Å². The van der Waals surface area contributed by atoms with E-state index in [1.807, 2.05) is 48.5 Å². The van der Waals surface area contributed by atoms with E-state index < -0.39 is 5.67 Å². The normalized spacial score (nSPS) is 15.5. The van der Waals surface area contributed by atoms with Crippen molar-refractivity contribution in [2.45, 2.75) is 31.5 Å². The number of likely N-dealkylation sites (tertiary alicyclic amines) is 1. The number of rotatable bonds is 8. The van der Waals surface area contributed by atoms with Crippen molar-refractivity contribution in [3.8, 4) is 5.75 Å². The maximum absolute atomic E-state index is 15.5. The van der Waals surface area contributed by atoms with Gasteiger partial charge in [-0.1, -0.05) is 41.6 Å². The standard InChI is InChI=1S/C24H26FN3O4/c1-30-16-11-21-26-23(32-27-21)24(25)12-14-28(15-13-24)22(29)20-10-6-5-7-18(20)17-31-19-8-3-2-4-9-19/h2-10H,11-17H2,1H3. The number of nitrogens with zero attached hydrogens (tertiary/aromatic N) is 3. The predicted octanol–water partition coefficient (Wildman–Crippen LogP) is 3.94. The molecule has 1 amide bonds. The van der Waals surface area contributed by atoms with E-state index in [-0.39, 0.29) is 44.3 Å². The number of benzene rings is 2. The van der Waals surface area contributed by atoms with Gasteiger partial charge in [0.2, 0.25) is 0 Å². The van der Waals surface area contributed by atoms with Crippen molar-refractivity contribution in [3.63, 3.8) is 0 Å². The van der Waals surface area contributed by atoms with Gasteiger partial charge in [0, 0.05) is 50.6 Å². The van der Waals surface area contributed by atoms with E-state index in [0.29, 0.717) is 24.4 Å². The minimum absolute atomic E-state index is 0.0210. The van der Waals surface area contributed by atoms with Crippen LogP contribution in [0.4, 0.5) is 4.39 Å². The molecule has 2 heterocycles. The summed E-state index contributed by atoms with van der Waals surface area (Å²) in [7, 11) is 1.58. The number of alkyl halides is 1. The molecule has 0 bridgehead atoms. The fraction of sp³-hybridized carbons (Fsp3) is 0.375. The molecule has 0 N–H and O–H groups in total. The summed E-state index contributed by atoms with van der Waals surface area (Å²) >= 11 is 0. The molecule has 0 aliphatic carbocycles. The van der Waals surface area contributed by atoms with E-state index in [4.69, 9.17) is 14.0 Å². The Morgan fingerprint density at radius 3 is 2.59 bits per heavy atom. The highest BCUT2D eigenvalue weighted by atomic mass is 19.1. The summed E-state index contributed by atoms with van der Waals surface area (Å²) in [5, 5.41) is 3.83. The van der Waals surface area contributed by atoms with Gasteiger partial charge in [-0.2, -0.15) is 4.98 Å². The number of halogens is 1. The van der Waals surface area contributed by atoms with Crippen molar-refractivity contribution in [2.24, 2.45) is 0 Å². The second-order valence-corrected chi connectivity index (χ2v) is 7.77. The number of ether oxygens (including phenoxy) is 2. The minimum Gasteiger partial charge on any atom is -0.489 e. The zero-order valence-corrected chi connectivity index (χ0v) is 18.0. The summed E-state index contributed by atoms with van der Waals surface area (Å²) < 4.78 is 31.5. The van der Waals surface area contributed by atoms with Gasteiger partial charge in [-0.3, -0.25) is 4.79 Å². The lowest BCUT2D eigenvalue weighted by Crippen LogP contribution is -2.43. The van der Waals surface area contributed by atoms with E-state index in [9.17, 15) is 4.79 Å².